The van der Waals surface area contributed by atoms with E-state index in [0.717, 1.165) is 28.2 Å². The summed E-state index contributed by atoms with van der Waals surface area (Å²) in [4.78, 5) is 9.88. The van der Waals surface area contributed by atoms with E-state index in [1.54, 1.807) is 0 Å². The first-order valence-electron chi connectivity index (χ1n) is 12.7. The first-order chi connectivity index (χ1) is 16.8. The fraction of sp³-hybridized carbons (Fsp3) is 0.355. The van der Waals surface area contributed by atoms with Crippen molar-refractivity contribution in [2.45, 2.75) is 59.4 Å². The van der Waals surface area contributed by atoms with E-state index in [9.17, 15) is 0 Å². The molecule has 3 aromatic carbocycles. The van der Waals surface area contributed by atoms with Crippen LogP contribution in [-0.2, 0) is 4.74 Å². The maximum absolute atomic E-state index is 5.98. The van der Waals surface area contributed by atoms with Gasteiger partial charge in [-0.2, -0.15) is 0 Å². The van der Waals surface area contributed by atoms with Crippen molar-refractivity contribution in [2.24, 2.45) is 15.9 Å². The van der Waals surface area contributed by atoms with Crippen molar-refractivity contribution in [3.63, 3.8) is 0 Å². The van der Waals surface area contributed by atoms with E-state index in [4.69, 9.17) is 14.7 Å². The van der Waals surface area contributed by atoms with Crippen LogP contribution in [0.15, 0.2) is 76.7 Å². The zero-order valence-electron chi connectivity index (χ0n) is 21.7. The van der Waals surface area contributed by atoms with Crippen LogP contribution in [0.2, 0.25) is 0 Å². The second-order valence-corrected chi connectivity index (χ2v) is 10.2. The lowest BCUT2D eigenvalue weighted by Crippen LogP contribution is -2.13. The zero-order valence-corrected chi connectivity index (χ0v) is 21.7. The third-order valence-corrected chi connectivity index (χ3v) is 6.51. The molecule has 0 aliphatic carbocycles. The Morgan fingerprint density at radius 2 is 1.46 bits per heavy atom. The van der Waals surface area contributed by atoms with E-state index in [0.29, 0.717) is 30.3 Å². The predicted molar refractivity (Wildman–Crippen MR) is 149 cm³/mol. The number of hydrogen-bond acceptors (Lipinski definition) is 4. The third kappa shape index (κ3) is 5.64. The molecule has 0 amide bonds. The highest BCUT2D eigenvalue weighted by Crippen LogP contribution is 2.35. The molecule has 0 bridgehead atoms. The van der Waals surface area contributed by atoms with Crippen LogP contribution in [0.5, 0.6) is 0 Å². The molecule has 35 heavy (non-hydrogen) atoms. The molecule has 1 aliphatic rings. The standard InChI is InChI=1S/C31H37N3O/c1-20(2)24-14-11-15-25(21(3)4)30(24)32-18-23-12-7-9-16-27(23)33-28-17-10-8-13-26(28)31-34-29(19-35-31)22(5)6/h7-18,20-22,29,33H,19H2,1-6H3. The van der Waals surface area contributed by atoms with Crippen molar-refractivity contribution in [3.05, 3.63) is 89.0 Å². The highest BCUT2D eigenvalue weighted by molar-refractivity contribution is 6.02. The molecule has 1 atom stereocenters. The molecule has 1 N–H and O–H groups in total. The molecule has 0 radical (unpaired) electrons. The number of nitrogens with one attached hydrogen (secondary N) is 1. The Labute approximate surface area is 210 Å². The molecule has 1 aliphatic heterocycles. The molecular weight excluding hydrogens is 430 g/mol. The van der Waals surface area contributed by atoms with Gasteiger partial charge in [0.15, 0.2) is 0 Å². The van der Waals surface area contributed by atoms with Gasteiger partial charge in [-0.1, -0.05) is 90.1 Å². The lowest BCUT2D eigenvalue weighted by Gasteiger charge is -2.17. The minimum absolute atomic E-state index is 0.202. The predicted octanol–water partition coefficient (Wildman–Crippen LogP) is 8.23. The summed E-state index contributed by atoms with van der Waals surface area (Å²) in [5.41, 5.74) is 7.62. The smallest absolute Gasteiger partial charge is 0.218 e. The van der Waals surface area contributed by atoms with Crippen LogP contribution in [0, 0.1) is 5.92 Å². The highest BCUT2D eigenvalue weighted by atomic mass is 16.5. The van der Waals surface area contributed by atoms with Crippen molar-refractivity contribution in [3.8, 4) is 0 Å². The zero-order chi connectivity index (χ0) is 24.9. The van der Waals surface area contributed by atoms with E-state index in [1.165, 1.54) is 11.1 Å². The summed E-state index contributed by atoms with van der Waals surface area (Å²) in [5, 5.41) is 3.62. The van der Waals surface area contributed by atoms with Crippen molar-refractivity contribution in [1.82, 2.24) is 0 Å². The monoisotopic (exact) mass is 467 g/mol. The Morgan fingerprint density at radius 1 is 0.829 bits per heavy atom. The summed E-state index contributed by atoms with van der Waals surface area (Å²) < 4.78 is 5.98. The summed E-state index contributed by atoms with van der Waals surface area (Å²) in [6.45, 7) is 13.9. The van der Waals surface area contributed by atoms with Gasteiger partial charge in [-0.25, -0.2) is 4.99 Å². The van der Waals surface area contributed by atoms with Crippen LogP contribution in [0.4, 0.5) is 17.1 Å². The number of ether oxygens (including phenoxy) is 1. The second kappa shape index (κ2) is 10.9. The molecule has 182 valence electrons. The number of para-hydroxylation sites is 3. The van der Waals surface area contributed by atoms with E-state index in [-0.39, 0.29) is 6.04 Å². The summed E-state index contributed by atoms with van der Waals surface area (Å²) in [6, 6.07) is 23.2. The van der Waals surface area contributed by atoms with E-state index < -0.39 is 0 Å². The van der Waals surface area contributed by atoms with Gasteiger partial charge < -0.3 is 10.1 Å². The van der Waals surface area contributed by atoms with Gasteiger partial charge in [0.25, 0.3) is 0 Å². The Hall–Kier alpha value is -3.40. The molecule has 0 fully saturated rings. The molecule has 0 saturated carbocycles. The van der Waals surface area contributed by atoms with Crippen LogP contribution in [0.3, 0.4) is 0 Å². The number of hydrogen-bond donors (Lipinski definition) is 1. The average molecular weight is 468 g/mol. The SMILES string of the molecule is CC(C)c1cccc(C(C)C)c1N=Cc1ccccc1Nc1ccccc1C1=NC(C(C)C)CO1. The van der Waals surface area contributed by atoms with Crippen molar-refractivity contribution in [2.75, 3.05) is 11.9 Å². The van der Waals surface area contributed by atoms with E-state index in [2.05, 4.69) is 89.3 Å². The number of rotatable bonds is 8. The van der Waals surface area contributed by atoms with Crippen LogP contribution >= 0.6 is 0 Å². The van der Waals surface area contributed by atoms with Crippen LogP contribution in [0.25, 0.3) is 0 Å². The fourth-order valence-electron chi connectivity index (χ4n) is 4.32. The van der Waals surface area contributed by atoms with Crippen molar-refractivity contribution < 1.29 is 4.74 Å². The Bertz CT molecular complexity index is 1200. The molecule has 1 unspecified atom stereocenters. The molecule has 4 rings (SSSR count). The van der Waals surface area contributed by atoms with E-state index >= 15 is 0 Å². The van der Waals surface area contributed by atoms with Gasteiger partial charge in [0.05, 0.1) is 23.0 Å². The van der Waals surface area contributed by atoms with Crippen molar-refractivity contribution >= 4 is 29.2 Å². The van der Waals surface area contributed by atoms with Crippen LogP contribution in [0.1, 0.15) is 75.6 Å². The lowest BCUT2D eigenvalue weighted by molar-refractivity contribution is 0.292. The Balaban J connectivity index is 1.68. The van der Waals surface area contributed by atoms with Gasteiger partial charge in [-0.15, -0.1) is 0 Å². The minimum Gasteiger partial charge on any atom is -0.475 e. The number of benzene rings is 3. The quantitative estimate of drug-likeness (QED) is 0.339. The van der Waals surface area contributed by atoms with Gasteiger partial charge in [-0.05, 0) is 47.1 Å². The summed E-state index contributed by atoms with van der Waals surface area (Å²) >= 11 is 0. The van der Waals surface area contributed by atoms with Crippen molar-refractivity contribution in [1.29, 1.82) is 0 Å². The Morgan fingerprint density at radius 3 is 2.09 bits per heavy atom. The molecule has 4 nitrogen and oxygen atoms in total. The number of anilines is 2. The third-order valence-electron chi connectivity index (χ3n) is 6.51. The summed E-state index contributed by atoms with van der Waals surface area (Å²) in [5.74, 6) is 1.98. The molecule has 1 heterocycles. The van der Waals surface area contributed by atoms with Gasteiger partial charge in [0.2, 0.25) is 5.90 Å². The topological polar surface area (TPSA) is 46.0 Å². The fourth-order valence-corrected chi connectivity index (χ4v) is 4.32. The molecule has 3 aromatic rings. The summed E-state index contributed by atoms with van der Waals surface area (Å²) in [6.07, 6.45) is 1.98. The van der Waals surface area contributed by atoms with Gasteiger partial charge in [0.1, 0.15) is 6.61 Å². The maximum Gasteiger partial charge on any atom is 0.218 e. The first kappa shape index (κ1) is 24.7. The minimum atomic E-state index is 0.202. The first-order valence-corrected chi connectivity index (χ1v) is 12.7. The average Bonchev–Trinajstić information content (AvgIpc) is 3.34. The molecule has 0 spiro atoms. The Kier molecular flexibility index (Phi) is 7.70. The van der Waals surface area contributed by atoms with Crippen LogP contribution in [-0.4, -0.2) is 24.8 Å². The van der Waals surface area contributed by atoms with Gasteiger partial charge in [0, 0.05) is 17.5 Å². The molecule has 4 heteroatoms. The highest BCUT2D eigenvalue weighted by Gasteiger charge is 2.24. The van der Waals surface area contributed by atoms with Crippen LogP contribution < -0.4 is 5.32 Å². The normalized spacial score (nSPS) is 15.8. The molecular formula is C31H37N3O. The largest absolute Gasteiger partial charge is 0.475 e. The molecule has 0 saturated heterocycles. The van der Waals surface area contributed by atoms with E-state index in [1.807, 2.05) is 30.5 Å². The second-order valence-electron chi connectivity index (χ2n) is 10.2. The lowest BCUT2D eigenvalue weighted by atomic mass is 9.93. The van der Waals surface area contributed by atoms with Gasteiger partial charge >= 0.3 is 0 Å². The molecule has 0 aromatic heterocycles. The number of nitrogens with zero attached hydrogens (tertiary/aromatic N) is 2. The number of aliphatic imine (C=N–C) groups is 2. The maximum atomic E-state index is 5.98. The van der Waals surface area contributed by atoms with Gasteiger partial charge in [-0.3, -0.25) is 4.99 Å². The summed E-state index contributed by atoms with van der Waals surface area (Å²) in [7, 11) is 0.